The maximum atomic E-state index is 11.5. The topological polar surface area (TPSA) is 49.3 Å². The zero-order chi connectivity index (χ0) is 14.5. The van der Waals surface area contributed by atoms with Gasteiger partial charge in [0, 0.05) is 10.5 Å². The molecule has 2 N–H and O–H groups in total. The Kier molecular flexibility index (Phi) is 5.87. The number of carboxylic acids is 1. The summed E-state index contributed by atoms with van der Waals surface area (Å²) in [5.74, 6) is -0.844. The van der Waals surface area contributed by atoms with Crippen LogP contribution in [-0.2, 0) is 4.79 Å². The summed E-state index contributed by atoms with van der Waals surface area (Å²) in [4.78, 5) is 11.5. The van der Waals surface area contributed by atoms with Crippen LogP contribution in [0.5, 0.6) is 0 Å². The maximum Gasteiger partial charge on any atom is 0.325 e. The highest BCUT2D eigenvalue weighted by atomic mass is 79.9. The Morgan fingerprint density at radius 2 is 1.95 bits per heavy atom. The third kappa shape index (κ3) is 4.21. The van der Waals surface area contributed by atoms with Crippen molar-refractivity contribution in [2.75, 3.05) is 0 Å². The molecule has 3 nitrogen and oxygen atoms in total. The second kappa shape index (κ2) is 7.43. The fourth-order valence-electron chi connectivity index (χ4n) is 2.68. The standard InChI is InChI=1S/C15H19BrClNO2/c16-12-9-10(7-8-13(12)17)14(15(19)20)18-11-5-3-1-2-4-6-11/h7-9,11,14,18H,1-6H2,(H,19,20). The van der Waals surface area contributed by atoms with Crippen LogP contribution in [0, 0.1) is 0 Å². The summed E-state index contributed by atoms with van der Waals surface area (Å²) in [5.41, 5.74) is 0.734. The molecule has 0 spiro atoms. The van der Waals surface area contributed by atoms with Gasteiger partial charge < -0.3 is 5.11 Å². The number of hydrogen-bond donors (Lipinski definition) is 2. The molecule has 1 fully saturated rings. The summed E-state index contributed by atoms with van der Waals surface area (Å²) >= 11 is 9.31. The van der Waals surface area contributed by atoms with E-state index in [1.807, 2.05) is 0 Å². The van der Waals surface area contributed by atoms with Crippen LogP contribution in [0.2, 0.25) is 5.02 Å². The van der Waals surface area contributed by atoms with Crippen molar-refractivity contribution < 1.29 is 9.90 Å². The fourth-order valence-corrected chi connectivity index (χ4v) is 3.20. The molecular weight excluding hydrogens is 342 g/mol. The lowest BCUT2D eigenvalue weighted by Crippen LogP contribution is -2.36. The average Bonchev–Trinajstić information content (AvgIpc) is 2.67. The first kappa shape index (κ1) is 15.8. The van der Waals surface area contributed by atoms with Gasteiger partial charge in [-0.1, -0.05) is 43.4 Å². The Hall–Kier alpha value is -0.580. The van der Waals surface area contributed by atoms with E-state index in [1.54, 1.807) is 18.2 Å². The zero-order valence-corrected chi connectivity index (χ0v) is 13.6. The number of nitrogens with one attached hydrogen (secondary N) is 1. The minimum Gasteiger partial charge on any atom is -0.480 e. The van der Waals surface area contributed by atoms with Crippen LogP contribution in [-0.4, -0.2) is 17.1 Å². The van der Waals surface area contributed by atoms with E-state index in [0.29, 0.717) is 5.02 Å². The SMILES string of the molecule is O=C(O)C(NC1CCCCCC1)c1ccc(Cl)c(Br)c1. The van der Waals surface area contributed by atoms with Gasteiger partial charge in [-0.2, -0.15) is 0 Å². The molecule has 0 aromatic heterocycles. The Morgan fingerprint density at radius 1 is 1.30 bits per heavy atom. The van der Waals surface area contributed by atoms with Gasteiger partial charge in [-0.15, -0.1) is 0 Å². The van der Waals surface area contributed by atoms with Crippen molar-refractivity contribution >= 4 is 33.5 Å². The summed E-state index contributed by atoms with van der Waals surface area (Å²) in [6.07, 6.45) is 6.96. The van der Waals surface area contributed by atoms with Crippen LogP contribution in [0.1, 0.15) is 50.1 Å². The van der Waals surface area contributed by atoms with Gasteiger partial charge in [0.25, 0.3) is 0 Å². The van der Waals surface area contributed by atoms with Crippen LogP contribution < -0.4 is 5.32 Å². The molecule has 2 rings (SSSR count). The fraction of sp³-hybridized carbons (Fsp3) is 0.533. The molecule has 1 aromatic carbocycles. The third-order valence-corrected chi connectivity index (χ3v) is 5.00. The first-order valence-corrected chi connectivity index (χ1v) is 8.19. The van der Waals surface area contributed by atoms with E-state index in [-0.39, 0.29) is 6.04 Å². The molecule has 1 aromatic rings. The molecule has 1 unspecified atom stereocenters. The number of carbonyl (C=O) groups is 1. The van der Waals surface area contributed by atoms with E-state index in [0.717, 1.165) is 22.9 Å². The van der Waals surface area contributed by atoms with Crippen molar-refractivity contribution in [3.05, 3.63) is 33.3 Å². The number of aliphatic carboxylic acids is 1. The van der Waals surface area contributed by atoms with Gasteiger partial charge in [0.15, 0.2) is 0 Å². The molecular formula is C15H19BrClNO2. The summed E-state index contributed by atoms with van der Waals surface area (Å²) in [6, 6.07) is 4.89. The normalized spacial score (nSPS) is 18.5. The predicted molar refractivity (Wildman–Crippen MR) is 84.2 cm³/mol. The van der Waals surface area contributed by atoms with Gasteiger partial charge in [-0.05, 0) is 46.5 Å². The van der Waals surface area contributed by atoms with E-state index in [2.05, 4.69) is 21.2 Å². The van der Waals surface area contributed by atoms with Gasteiger partial charge in [0.2, 0.25) is 0 Å². The molecule has 0 aliphatic heterocycles. The molecule has 0 amide bonds. The Bertz CT molecular complexity index is 473. The van der Waals surface area contributed by atoms with Gasteiger partial charge in [-0.3, -0.25) is 10.1 Å². The second-order valence-corrected chi connectivity index (χ2v) is 6.56. The van der Waals surface area contributed by atoms with Crippen LogP contribution in [0.4, 0.5) is 0 Å². The van der Waals surface area contributed by atoms with Crippen LogP contribution in [0.25, 0.3) is 0 Å². The molecule has 1 atom stereocenters. The number of halogens is 2. The van der Waals surface area contributed by atoms with Gasteiger partial charge in [0.1, 0.15) is 6.04 Å². The average molecular weight is 361 g/mol. The van der Waals surface area contributed by atoms with Crippen molar-refractivity contribution in [3.8, 4) is 0 Å². The number of hydrogen-bond acceptors (Lipinski definition) is 2. The first-order chi connectivity index (χ1) is 9.58. The summed E-state index contributed by atoms with van der Waals surface area (Å²) in [5, 5.41) is 13.4. The highest BCUT2D eigenvalue weighted by molar-refractivity contribution is 9.10. The minimum atomic E-state index is -0.844. The molecule has 0 radical (unpaired) electrons. The lowest BCUT2D eigenvalue weighted by molar-refractivity contribution is -0.140. The number of benzene rings is 1. The molecule has 0 heterocycles. The smallest absolute Gasteiger partial charge is 0.325 e. The molecule has 0 saturated heterocycles. The molecule has 1 saturated carbocycles. The first-order valence-electron chi connectivity index (χ1n) is 7.01. The van der Waals surface area contributed by atoms with Crippen LogP contribution >= 0.6 is 27.5 Å². The number of rotatable bonds is 4. The molecule has 0 bridgehead atoms. The van der Waals surface area contributed by atoms with Crippen molar-refractivity contribution in [2.24, 2.45) is 0 Å². The third-order valence-electron chi connectivity index (χ3n) is 3.78. The highest BCUT2D eigenvalue weighted by Gasteiger charge is 2.24. The lowest BCUT2D eigenvalue weighted by atomic mass is 10.0. The van der Waals surface area contributed by atoms with E-state index < -0.39 is 12.0 Å². The van der Waals surface area contributed by atoms with Crippen LogP contribution in [0.3, 0.4) is 0 Å². The largest absolute Gasteiger partial charge is 0.480 e. The Balaban J connectivity index is 2.13. The molecule has 110 valence electrons. The second-order valence-electron chi connectivity index (χ2n) is 5.30. The highest BCUT2D eigenvalue weighted by Crippen LogP contribution is 2.27. The van der Waals surface area contributed by atoms with Crippen LogP contribution in [0.15, 0.2) is 22.7 Å². The van der Waals surface area contributed by atoms with Gasteiger partial charge in [-0.25, -0.2) is 0 Å². The van der Waals surface area contributed by atoms with Crippen molar-refractivity contribution in [1.29, 1.82) is 0 Å². The van der Waals surface area contributed by atoms with Crippen molar-refractivity contribution in [2.45, 2.75) is 50.6 Å². The molecule has 5 heteroatoms. The monoisotopic (exact) mass is 359 g/mol. The molecule has 20 heavy (non-hydrogen) atoms. The molecule has 1 aliphatic rings. The minimum absolute atomic E-state index is 0.285. The van der Waals surface area contributed by atoms with Crippen molar-refractivity contribution in [3.63, 3.8) is 0 Å². The van der Waals surface area contributed by atoms with Gasteiger partial charge in [0.05, 0.1) is 5.02 Å². The van der Waals surface area contributed by atoms with Crippen molar-refractivity contribution in [1.82, 2.24) is 5.32 Å². The van der Waals surface area contributed by atoms with E-state index in [1.165, 1.54) is 25.7 Å². The summed E-state index contributed by atoms with van der Waals surface area (Å²) in [7, 11) is 0. The van der Waals surface area contributed by atoms with E-state index in [9.17, 15) is 9.90 Å². The quantitative estimate of drug-likeness (QED) is 0.775. The Morgan fingerprint density at radius 3 is 2.50 bits per heavy atom. The summed E-state index contributed by atoms with van der Waals surface area (Å²) < 4.78 is 0.727. The van der Waals surface area contributed by atoms with E-state index >= 15 is 0 Å². The maximum absolute atomic E-state index is 11.5. The Labute approximate surface area is 132 Å². The zero-order valence-electron chi connectivity index (χ0n) is 11.2. The lowest BCUT2D eigenvalue weighted by Gasteiger charge is -2.22. The molecule has 1 aliphatic carbocycles. The number of carboxylic acid groups (broad SMARTS) is 1. The van der Waals surface area contributed by atoms with Gasteiger partial charge >= 0.3 is 5.97 Å². The predicted octanol–water partition coefficient (Wildman–Crippen LogP) is 4.54. The van der Waals surface area contributed by atoms with E-state index in [4.69, 9.17) is 11.6 Å². The summed E-state index contributed by atoms with van der Waals surface area (Å²) in [6.45, 7) is 0.